The lowest BCUT2D eigenvalue weighted by atomic mass is 9.98. The number of hydrogen-bond acceptors (Lipinski definition) is 1. The first kappa shape index (κ1) is 10.8. The van der Waals surface area contributed by atoms with Gasteiger partial charge in [-0.05, 0) is 37.1 Å². The number of nitrogens with one attached hydrogen (secondary N) is 1. The van der Waals surface area contributed by atoms with Crippen molar-refractivity contribution in [3.8, 4) is 12.3 Å². The Morgan fingerprint density at radius 3 is 2.71 bits per heavy atom. The molecule has 1 N–H and O–H groups in total. The molecule has 0 bridgehead atoms. The van der Waals surface area contributed by atoms with Gasteiger partial charge in [0.15, 0.2) is 0 Å². The minimum atomic E-state index is 0.0416. The zero-order chi connectivity index (χ0) is 10.6. The zero-order valence-electron chi connectivity index (χ0n) is 9.09. The maximum Gasteiger partial charge on any atom is 0.0945 e. The summed E-state index contributed by atoms with van der Waals surface area (Å²) in [5, 5.41) is 3.28. The Balaban J connectivity index is 3.05. The topological polar surface area (TPSA) is 12.0 Å². The summed E-state index contributed by atoms with van der Waals surface area (Å²) in [7, 11) is 0. The van der Waals surface area contributed by atoms with Crippen LogP contribution in [0.15, 0.2) is 18.2 Å². The van der Waals surface area contributed by atoms with E-state index in [0.29, 0.717) is 0 Å². The molecular weight excluding hydrogens is 170 g/mol. The van der Waals surface area contributed by atoms with Crippen LogP contribution in [-0.4, -0.2) is 6.54 Å². The highest BCUT2D eigenvalue weighted by molar-refractivity contribution is 5.38. The van der Waals surface area contributed by atoms with Crippen molar-refractivity contribution in [2.45, 2.75) is 26.8 Å². The molecule has 1 aromatic carbocycles. The van der Waals surface area contributed by atoms with Crippen LogP contribution in [0.2, 0.25) is 0 Å². The molecule has 1 unspecified atom stereocenters. The van der Waals surface area contributed by atoms with Crippen LogP contribution in [0.5, 0.6) is 0 Å². The van der Waals surface area contributed by atoms with Crippen LogP contribution in [0.4, 0.5) is 0 Å². The average molecular weight is 187 g/mol. The Hall–Kier alpha value is -1.26. The maximum atomic E-state index is 5.50. The summed E-state index contributed by atoms with van der Waals surface area (Å²) in [6, 6.07) is 6.30. The molecule has 0 heterocycles. The summed E-state index contributed by atoms with van der Waals surface area (Å²) < 4.78 is 0. The molecule has 0 amide bonds. The van der Waals surface area contributed by atoms with Crippen molar-refractivity contribution in [2.24, 2.45) is 0 Å². The number of hydrogen-bond donors (Lipinski definition) is 1. The highest BCUT2D eigenvalue weighted by Crippen LogP contribution is 2.19. The Labute approximate surface area is 86.5 Å². The molecule has 14 heavy (non-hydrogen) atoms. The van der Waals surface area contributed by atoms with E-state index in [1.165, 1.54) is 16.7 Å². The fourth-order valence-electron chi connectivity index (χ4n) is 1.55. The number of aryl methyl sites for hydroxylation is 1. The summed E-state index contributed by atoms with van der Waals surface area (Å²) in [6.45, 7) is 7.18. The van der Waals surface area contributed by atoms with Crippen LogP contribution >= 0.6 is 0 Å². The van der Waals surface area contributed by atoms with E-state index in [2.05, 4.69) is 50.2 Å². The summed E-state index contributed by atoms with van der Waals surface area (Å²) in [5.41, 5.74) is 3.80. The molecule has 1 aromatic rings. The fourth-order valence-corrected chi connectivity index (χ4v) is 1.55. The van der Waals surface area contributed by atoms with Crippen LogP contribution < -0.4 is 5.32 Å². The van der Waals surface area contributed by atoms with Crippen LogP contribution in [-0.2, 0) is 0 Å². The van der Waals surface area contributed by atoms with Gasteiger partial charge in [-0.2, -0.15) is 0 Å². The van der Waals surface area contributed by atoms with E-state index in [1.807, 2.05) is 0 Å². The molecule has 0 aliphatic heterocycles. The van der Waals surface area contributed by atoms with Gasteiger partial charge in [-0.1, -0.05) is 31.0 Å². The van der Waals surface area contributed by atoms with E-state index in [1.54, 1.807) is 0 Å². The van der Waals surface area contributed by atoms with Gasteiger partial charge in [0, 0.05) is 0 Å². The van der Waals surface area contributed by atoms with E-state index in [9.17, 15) is 0 Å². The van der Waals surface area contributed by atoms with Crippen molar-refractivity contribution in [3.63, 3.8) is 0 Å². The Morgan fingerprint density at radius 2 is 2.14 bits per heavy atom. The molecule has 0 fully saturated rings. The summed E-state index contributed by atoms with van der Waals surface area (Å²) in [5.74, 6) is 2.78. The predicted octanol–water partition coefficient (Wildman–Crippen LogP) is 2.59. The van der Waals surface area contributed by atoms with Gasteiger partial charge in [-0.25, -0.2) is 0 Å². The van der Waals surface area contributed by atoms with Crippen LogP contribution in [0, 0.1) is 26.2 Å². The second-order valence-electron chi connectivity index (χ2n) is 3.45. The largest absolute Gasteiger partial charge is 0.300 e. The van der Waals surface area contributed by atoms with Crippen molar-refractivity contribution < 1.29 is 0 Å². The van der Waals surface area contributed by atoms with Crippen molar-refractivity contribution in [3.05, 3.63) is 34.9 Å². The minimum Gasteiger partial charge on any atom is -0.300 e. The number of terminal acetylenes is 1. The third-order valence-corrected chi connectivity index (χ3v) is 2.53. The molecule has 1 rings (SSSR count). The van der Waals surface area contributed by atoms with Gasteiger partial charge in [0.05, 0.1) is 6.04 Å². The van der Waals surface area contributed by atoms with Gasteiger partial charge in [0.1, 0.15) is 0 Å². The van der Waals surface area contributed by atoms with E-state index in [0.717, 1.165) is 6.54 Å². The van der Waals surface area contributed by atoms with Crippen molar-refractivity contribution >= 4 is 0 Å². The smallest absolute Gasteiger partial charge is 0.0945 e. The lowest BCUT2D eigenvalue weighted by Gasteiger charge is -2.15. The highest BCUT2D eigenvalue weighted by atomic mass is 14.9. The molecule has 0 aliphatic carbocycles. The molecule has 74 valence electrons. The van der Waals surface area contributed by atoms with Crippen LogP contribution in [0.1, 0.15) is 29.7 Å². The van der Waals surface area contributed by atoms with E-state index in [4.69, 9.17) is 6.42 Å². The molecule has 1 atom stereocenters. The third-order valence-electron chi connectivity index (χ3n) is 2.53. The van der Waals surface area contributed by atoms with Gasteiger partial charge in [0.25, 0.3) is 0 Å². The first-order valence-electron chi connectivity index (χ1n) is 4.96. The highest BCUT2D eigenvalue weighted by Gasteiger charge is 2.09. The minimum absolute atomic E-state index is 0.0416. The molecule has 0 saturated heterocycles. The quantitative estimate of drug-likeness (QED) is 0.717. The van der Waals surface area contributed by atoms with Crippen molar-refractivity contribution in [1.82, 2.24) is 5.32 Å². The summed E-state index contributed by atoms with van der Waals surface area (Å²) in [6.07, 6.45) is 5.50. The first-order valence-corrected chi connectivity index (χ1v) is 4.96. The summed E-state index contributed by atoms with van der Waals surface area (Å²) >= 11 is 0. The lowest BCUT2D eigenvalue weighted by molar-refractivity contribution is 0.661. The van der Waals surface area contributed by atoms with Crippen LogP contribution in [0.3, 0.4) is 0 Å². The predicted molar refractivity (Wildman–Crippen MR) is 61.2 cm³/mol. The first-order chi connectivity index (χ1) is 6.70. The Bertz CT molecular complexity index is 347. The fraction of sp³-hybridized carbons (Fsp3) is 0.385. The SMILES string of the molecule is C#CC(NCC)c1cccc(C)c1C. The van der Waals surface area contributed by atoms with Gasteiger partial charge in [-0.15, -0.1) is 6.42 Å². The van der Waals surface area contributed by atoms with E-state index < -0.39 is 0 Å². The molecule has 0 spiro atoms. The monoisotopic (exact) mass is 187 g/mol. The molecule has 0 radical (unpaired) electrons. The zero-order valence-corrected chi connectivity index (χ0v) is 9.09. The maximum absolute atomic E-state index is 5.50. The third kappa shape index (κ3) is 2.16. The Morgan fingerprint density at radius 1 is 1.43 bits per heavy atom. The van der Waals surface area contributed by atoms with Gasteiger partial charge >= 0.3 is 0 Å². The Kier molecular flexibility index (Phi) is 3.73. The van der Waals surface area contributed by atoms with Crippen LogP contribution in [0.25, 0.3) is 0 Å². The number of benzene rings is 1. The average Bonchev–Trinajstić information content (AvgIpc) is 2.19. The molecule has 0 aliphatic rings. The normalized spacial score (nSPS) is 12.1. The van der Waals surface area contributed by atoms with Gasteiger partial charge in [-0.3, -0.25) is 0 Å². The molecule has 1 nitrogen and oxygen atoms in total. The molecular formula is C13H17N. The molecule has 0 aromatic heterocycles. The second kappa shape index (κ2) is 4.83. The molecule has 1 heteroatoms. The number of rotatable bonds is 3. The van der Waals surface area contributed by atoms with Crippen molar-refractivity contribution in [2.75, 3.05) is 6.54 Å². The van der Waals surface area contributed by atoms with Crippen molar-refractivity contribution in [1.29, 1.82) is 0 Å². The summed E-state index contributed by atoms with van der Waals surface area (Å²) in [4.78, 5) is 0. The second-order valence-corrected chi connectivity index (χ2v) is 3.45. The lowest BCUT2D eigenvalue weighted by Crippen LogP contribution is -2.20. The van der Waals surface area contributed by atoms with E-state index >= 15 is 0 Å². The van der Waals surface area contributed by atoms with Gasteiger partial charge in [0.2, 0.25) is 0 Å². The standard InChI is InChI=1S/C13H17N/c1-5-13(14-6-2)12-9-7-8-10(3)11(12)4/h1,7-9,13-14H,6H2,2-4H3. The van der Waals surface area contributed by atoms with Gasteiger partial charge < -0.3 is 5.32 Å². The molecule has 0 saturated carbocycles. The van der Waals surface area contributed by atoms with E-state index in [-0.39, 0.29) is 6.04 Å².